The third kappa shape index (κ3) is 5.87. The number of aryl methyl sites for hydroxylation is 2. The maximum atomic E-state index is 15.4. The zero-order chi connectivity index (χ0) is 33.6. The van der Waals surface area contributed by atoms with Gasteiger partial charge in [0.05, 0.1) is 16.6 Å². The van der Waals surface area contributed by atoms with Gasteiger partial charge in [0.1, 0.15) is 22.7 Å². The number of fused-ring (bicyclic) bond motifs is 2. The number of urea groups is 1. The summed E-state index contributed by atoms with van der Waals surface area (Å²) in [6.45, 7) is 7.68. The first-order valence-corrected chi connectivity index (χ1v) is 15.0. The molecule has 1 aromatic carbocycles. The Morgan fingerprint density at radius 3 is 2.30 bits per heavy atom. The van der Waals surface area contributed by atoms with Crippen LogP contribution in [0.15, 0.2) is 44.6 Å². The smallest absolute Gasteiger partial charge is 0.327 e. The van der Waals surface area contributed by atoms with Gasteiger partial charge in [-0.2, -0.15) is 0 Å². The lowest BCUT2D eigenvalue weighted by Gasteiger charge is -2.36. The number of carbonyl (C=O) groups excluding carboxylic acids is 2. The van der Waals surface area contributed by atoms with E-state index in [1.165, 1.54) is 30.0 Å². The summed E-state index contributed by atoms with van der Waals surface area (Å²) in [7, 11) is 0. The monoisotopic (exact) mass is 667 g/mol. The van der Waals surface area contributed by atoms with E-state index in [-0.39, 0.29) is 45.5 Å². The Morgan fingerprint density at radius 1 is 0.915 bits per heavy atom. The Labute approximate surface area is 269 Å². The Hall–Kier alpha value is -5.38. The van der Waals surface area contributed by atoms with Crippen LogP contribution in [-0.2, 0) is 17.9 Å². The number of hydrogen-bond acceptors (Lipinski definition) is 9. The number of halogens is 3. The third-order valence-electron chi connectivity index (χ3n) is 7.98. The Morgan fingerprint density at radius 2 is 1.62 bits per heavy atom. The van der Waals surface area contributed by atoms with Gasteiger partial charge in [-0.25, -0.2) is 18.6 Å². The van der Waals surface area contributed by atoms with Crippen molar-refractivity contribution < 1.29 is 22.8 Å². The number of amides is 3. The Kier molecular flexibility index (Phi) is 8.36. The molecule has 5 aromatic rings. The van der Waals surface area contributed by atoms with E-state index < -0.39 is 33.7 Å². The molecule has 0 spiro atoms. The van der Waals surface area contributed by atoms with E-state index in [4.69, 9.17) is 16.0 Å². The van der Waals surface area contributed by atoms with Gasteiger partial charge in [-0.05, 0) is 32.0 Å². The normalized spacial score (nSPS) is 13.4. The fraction of sp³-hybridized carbons (Fsp3) is 0.300. The summed E-state index contributed by atoms with van der Waals surface area (Å²) in [5.41, 5.74) is -0.485. The van der Waals surface area contributed by atoms with Crippen molar-refractivity contribution in [3.63, 3.8) is 0 Å². The summed E-state index contributed by atoms with van der Waals surface area (Å²) in [6, 6.07) is 2.42. The molecule has 1 saturated heterocycles. The Balaban J connectivity index is 1.26. The predicted molar refractivity (Wildman–Crippen MR) is 171 cm³/mol. The lowest BCUT2D eigenvalue weighted by atomic mass is 10.1. The number of rotatable bonds is 6. The average molecular weight is 668 g/mol. The van der Waals surface area contributed by atoms with Gasteiger partial charge in [0, 0.05) is 64.0 Å². The predicted octanol–water partition coefficient (Wildman–Crippen LogP) is 4.05. The summed E-state index contributed by atoms with van der Waals surface area (Å²) in [5, 5.41) is 12.0. The highest BCUT2D eigenvalue weighted by atomic mass is 35.5. The molecule has 0 atom stereocenters. The van der Waals surface area contributed by atoms with Crippen LogP contribution in [0, 0.1) is 11.6 Å². The van der Waals surface area contributed by atoms with E-state index >= 15 is 4.39 Å². The van der Waals surface area contributed by atoms with E-state index in [1.54, 1.807) is 22.5 Å². The number of nitrogens with zero attached hydrogens (tertiary/aromatic N) is 7. The van der Waals surface area contributed by atoms with Gasteiger partial charge < -0.3 is 28.7 Å². The van der Waals surface area contributed by atoms with Crippen molar-refractivity contribution in [2.24, 2.45) is 0 Å². The van der Waals surface area contributed by atoms with Crippen LogP contribution < -0.4 is 26.4 Å². The molecule has 14 nitrogen and oxygen atoms in total. The summed E-state index contributed by atoms with van der Waals surface area (Å²) < 4.78 is 38.3. The van der Waals surface area contributed by atoms with E-state index in [9.17, 15) is 23.6 Å². The standard InChI is InChI=1S/C30H28ClF2N9O5/c1-4-39-13-18(24(44)16-10-19(32)23(12-22(16)39)42-8-6-41(7-9-42)15(3)43)28-37-38-30(47-28)36-29(46)34-21-14-40(5-2)27-17(25(21)45)11-20(33)26(31)35-27/h10-14H,4-9H2,1-3H3,(H2,34,36,38,46). The topological polar surface area (TPSA) is 160 Å². The molecule has 0 radical (unpaired) electrons. The molecule has 6 rings (SSSR count). The molecular weight excluding hydrogens is 640 g/mol. The molecule has 1 fully saturated rings. The molecule has 47 heavy (non-hydrogen) atoms. The van der Waals surface area contributed by atoms with Crippen LogP contribution >= 0.6 is 11.6 Å². The fourth-order valence-corrected chi connectivity index (χ4v) is 5.68. The van der Waals surface area contributed by atoms with Crippen molar-refractivity contribution in [2.45, 2.75) is 33.9 Å². The summed E-state index contributed by atoms with van der Waals surface area (Å²) >= 11 is 5.79. The van der Waals surface area contributed by atoms with Gasteiger partial charge in [0.2, 0.25) is 16.8 Å². The number of aromatic nitrogens is 5. The van der Waals surface area contributed by atoms with Gasteiger partial charge in [-0.15, -0.1) is 5.10 Å². The van der Waals surface area contributed by atoms with Crippen LogP contribution in [0.5, 0.6) is 0 Å². The van der Waals surface area contributed by atoms with Crippen LogP contribution in [0.4, 0.5) is 31.0 Å². The lowest BCUT2D eigenvalue weighted by molar-refractivity contribution is -0.129. The molecule has 0 saturated carbocycles. The van der Waals surface area contributed by atoms with Crippen LogP contribution in [-0.4, -0.2) is 67.3 Å². The van der Waals surface area contributed by atoms with E-state index in [0.717, 1.165) is 6.07 Å². The van der Waals surface area contributed by atoms with E-state index in [1.807, 2.05) is 11.8 Å². The number of nitrogens with one attached hydrogen (secondary N) is 2. The molecule has 0 unspecified atom stereocenters. The minimum absolute atomic E-state index is 0.0175. The van der Waals surface area contributed by atoms with Crippen molar-refractivity contribution in [3.8, 4) is 11.5 Å². The summed E-state index contributed by atoms with van der Waals surface area (Å²) in [6.07, 6.45) is 2.85. The van der Waals surface area contributed by atoms with Gasteiger partial charge in [0.25, 0.3) is 5.89 Å². The maximum Gasteiger partial charge on any atom is 0.327 e. The van der Waals surface area contributed by atoms with Crippen molar-refractivity contribution in [3.05, 3.63) is 67.8 Å². The zero-order valence-electron chi connectivity index (χ0n) is 25.4. The Bertz CT molecular complexity index is 2190. The highest BCUT2D eigenvalue weighted by Crippen LogP contribution is 2.28. The number of carbonyl (C=O) groups is 2. The second kappa shape index (κ2) is 12.4. The first kappa shape index (κ1) is 31.6. The van der Waals surface area contributed by atoms with Crippen molar-refractivity contribution in [1.29, 1.82) is 0 Å². The number of pyridine rings is 3. The number of hydrogen-bond donors (Lipinski definition) is 2. The van der Waals surface area contributed by atoms with Crippen molar-refractivity contribution in [1.82, 2.24) is 29.2 Å². The van der Waals surface area contributed by atoms with Crippen LogP contribution in [0.1, 0.15) is 20.8 Å². The number of benzene rings is 1. The molecule has 17 heteroatoms. The van der Waals surface area contributed by atoms with Crippen molar-refractivity contribution >= 4 is 62.9 Å². The van der Waals surface area contributed by atoms with Gasteiger partial charge >= 0.3 is 12.0 Å². The van der Waals surface area contributed by atoms with Crippen LogP contribution in [0.2, 0.25) is 5.15 Å². The van der Waals surface area contributed by atoms with E-state index in [0.29, 0.717) is 50.5 Å². The highest BCUT2D eigenvalue weighted by Gasteiger charge is 2.24. The lowest BCUT2D eigenvalue weighted by Crippen LogP contribution is -2.48. The third-order valence-corrected chi connectivity index (χ3v) is 8.24. The van der Waals surface area contributed by atoms with Crippen LogP contribution in [0.25, 0.3) is 33.4 Å². The molecular formula is C30H28ClF2N9O5. The second-order valence-electron chi connectivity index (χ2n) is 10.8. The largest absolute Gasteiger partial charge is 0.403 e. The van der Waals surface area contributed by atoms with E-state index in [2.05, 4.69) is 25.8 Å². The second-order valence-corrected chi connectivity index (χ2v) is 11.1. The molecule has 1 aliphatic heterocycles. The molecule has 1 aliphatic rings. The van der Waals surface area contributed by atoms with Crippen LogP contribution in [0.3, 0.4) is 0 Å². The first-order chi connectivity index (χ1) is 22.5. The number of anilines is 3. The molecule has 0 aliphatic carbocycles. The van der Waals surface area contributed by atoms with Crippen molar-refractivity contribution in [2.75, 3.05) is 41.7 Å². The molecule has 244 valence electrons. The quantitative estimate of drug-likeness (QED) is 0.255. The SMILES string of the molecule is CCn1cc(-c2nnc(NC(=O)Nc3cn(CC)c4nc(Cl)c(F)cc4c3=O)o2)c(=O)c2cc(F)c(N3CCN(C(C)=O)CC3)cc21. The molecule has 2 N–H and O–H groups in total. The molecule has 4 aromatic heterocycles. The van der Waals surface area contributed by atoms with Gasteiger partial charge in [-0.3, -0.25) is 19.7 Å². The van der Waals surface area contributed by atoms with Gasteiger partial charge in [0.15, 0.2) is 11.0 Å². The average Bonchev–Trinajstić information content (AvgIpc) is 3.51. The maximum absolute atomic E-state index is 15.4. The molecule has 3 amide bonds. The number of piperazine rings is 1. The minimum atomic E-state index is -0.926. The zero-order valence-corrected chi connectivity index (χ0v) is 26.2. The minimum Gasteiger partial charge on any atom is -0.403 e. The fourth-order valence-electron chi connectivity index (χ4n) is 5.55. The molecule has 0 bridgehead atoms. The summed E-state index contributed by atoms with van der Waals surface area (Å²) in [5.74, 6) is -1.74. The molecule has 5 heterocycles. The van der Waals surface area contributed by atoms with Gasteiger partial charge in [-0.1, -0.05) is 16.7 Å². The highest BCUT2D eigenvalue weighted by molar-refractivity contribution is 6.29. The first-order valence-electron chi connectivity index (χ1n) is 14.7. The summed E-state index contributed by atoms with van der Waals surface area (Å²) in [4.78, 5) is 58.5.